The van der Waals surface area contributed by atoms with Crippen molar-refractivity contribution in [3.8, 4) is 0 Å². The maximum atomic E-state index is 5.86. The van der Waals surface area contributed by atoms with Gasteiger partial charge in [0.05, 0.1) is 19.2 Å². The number of aliphatic imine (C=N–C) groups is 1. The van der Waals surface area contributed by atoms with E-state index in [2.05, 4.69) is 15.6 Å². The molecule has 6 heteroatoms. The number of nitrogens with two attached hydrogens (primary N) is 2. The Morgan fingerprint density at radius 3 is 1.95 bits per heavy atom. The minimum Gasteiger partial charge on any atom is -0.465 e. The first-order valence-electron chi connectivity index (χ1n) is 6.04. The first-order chi connectivity index (χ1) is 9.01. The van der Waals surface area contributed by atoms with E-state index in [1.165, 1.54) is 6.34 Å². The lowest BCUT2D eigenvalue weighted by molar-refractivity contribution is 0.345. The van der Waals surface area contributed by atoms with Crippen LogP contribution in [0.5, 0.6) is 0 Å². The predicted molar refractivity (Wildman–Crippen MR) is 83.8 cm³/mol. The second-order valence-corrected chi connectivity index (χ2v) is 3.32. The molecule has 0 unspecified atom stereocenters. The van der Waals surface area contributed by atoms with E-state index in [0.29, 0.717) is 0 Å². The fourth-order valence-corrected chi connectivity index (χ4v) is 0.882. The third-order valence-electron chi connectivity index (χ3n) is 1.42. The van der Waals surface area contributed by atoms with Crippen LogP contribution in [0.1, 0.15) is 25.4 Å². The summed E-state index contributed by atoms with van der Waals surface area (Å²) in [5.41, 5.74) is 9.12. The predicted octanol–water partition coefficient (Wildman–Crippen LogP) is 1.83. The van der Waals surface area contributed by atoms with E-state index in [-0.39, 0.29) is 0 Å². The van der Waals surface area contributed by atoms with Crippen LogP contribution >= 0.6 is 0 Å². The summed E-state index contributed by atoms with van der Waals surface area (Å²) in [6.07, 6.45) is 2.00. The number of nitrogens with zero attached hydrogens (tertiary/aromatic N) is 2. The first kappa shape index (κ1) is 22.4. The molecule has 0 spiro atoms. The van der Waals surface area contributed by atoms with Gasteiger partial charge in [0.25, 0.3) is 0 Å². The Bertz CT molecular complexity index is 304. The molecule has 0 aliphatic rings. The third-order valence-corrected chi connectivity index (χ3v) is 1.42. The van der Waals surface area contributed by atoms with Gasteiger partial charge in [0.2, 0.25) is 0 Å². The van der Waals surface area contributed by atoms with E-state index in [4.69, 9.17) is 15.6 Å². The van der Waals surface area contributed by atoms with E-state index < -0.39 is 0 Å². The van der Waals surface area contributed by atoms with Gasteiger partial charge in [-0.1, -0.05) is 13.8 Å². The highest BCUT2D eigenvalue weighted by atomic mass is 16.3. The summed E-state index contributed by atoms with van der Waals surface area (Å²) >= 11 is 0. The van der Waals surface area contributed by atoms with Crippen LogP contribution in [0.2, 0.25) is 0 Å². The summed E-state index contributed by atoms with van der Waals surface area (Å²) in [7, 11) is 5.68. The fraction of sp³-hybridized carbons (Fsp3) is 0.538. The lowest BCUT2D eigenvalue weighted by atomic mass is 10.4. The highest BCUT2D eigenvalue weighted by Crippen LogP contribution is 2.06. The quantitative estimate of drug-likeness (QED) is 0.563. The van der Waals surface area contributed by atoms with E-state index in [0.717, 1.165) is 24.4 Å². The summed E-state index contributed by atoms with van der Waals surface area (Å²) < 4.78 is 5.35. The number of hydrogen-bond donors (Lipinski definition) is 3. The molecular formula is C13H29N5O. The number of hydrogen-bond acceptors (Lipinski definition) is 4. The molecule has 19 heavy (non-hydrogen) atoms. The zero-order valence-corrected chi connectivity index (χ0v) is 13.0. The molecule has 0 saturated carbocycles. The number of furan rings is 1. The van der Waals surface area contributed by atoms with Crippen molar-refractivity contribution in [1.82, 2.24) is 4.90 Å². The highest BCUT2D eigenvalue weighted by Gasteiger charge is 1.97. The first-order valence-corrected chi connectivity index (χ1v) is 6.04. The molecule has 0 atom stereocenters. The van der Waals surface area contributed by atoms with Gasteiger partial charge in [-0.15, -0.1) is 0 Å². The van der Waals surface area contributed by atoms with Gasteiger partial charge >= 0.3 is 0 Å². The molecular weight excluding hydrogens is 242 g/mol. The summed E-state index contributed by atoms with van der Waals surface area (Å²) in [4.78, 5) is 5.47. The Hall–Kier alpha value is -1.82. The SMILES string of the molecule is CC.CN=CN.Cc1ccc(CN(C)C)o1.N=CN. The van der Waals surface area contributed by atoms with Crippen LogP contribution in [0.4, 0.5) is 0 Å². The molecule has 0 saturated heterocycles. The molecule has 6 nitrogen and oxygen atoms in total. The average molecular weight is 271 g/mol. The van der Waals surface area contributed by atoms with Crippen molar-refractivity contribution in [3.63, 3.8) is 0 Å². The van der Waals surface area contributed by atoms with Crippen molar-refractivity contribution in [2.75, 3.05) is 21.1 Å². The number of rotatable bonds is 2. The van der Waals surface area contributed by atoms with Crippen LogP contribution in [0.25, 0.3) is 0 Å². The Balaban J connectivity index is -0.000000239. The van der Waals surface area contributed by atoms with Crippen molar-refractivity contribution in [3.05, 3.63) is 23.7 Å². The third kappa shape index (κ3) is 21.9. The molecule has 1 rings (SSSR count). The summed E-state index contributed by atoms with van der Waals surface area (Å²) in [6, 6.07) is 3.99. The van der Waals surface area contributed by atoms with Crippen molar-refractivity contribution in [2.24, 2.45) is 16.5 Å². The van der Waals surface area contributed by atoms with Gasteiger partial charge in [0.15, 0.2) is 0 Å². The fourth-order valence-electron chi connectivity index (χ4n) is 0.882. The number of aryl methyl sites for hydroxylation is 1. The molecule has 5 N–H and O–H groups in total. The van der Waals surface area contributed by atoms with Gasteiger partial charge in [0, 0.05) is 7.05 Å². The second-order valence-electron chi connectivity index (χ2n) is 3.32. The Labute approximate surface area is 117 Å². The largest absolute Gasteiger partial charge is 0.465 e. The topological polar surface area (TPSA) is 105 Å². The summed E-state index contributed by atoms with van der Waals surface area (Å²) in [5.74, 6) is 2.01. The molecule has 0 bridgehead atoms. The molecule has 1 aromatic heterocycles. The Morgan fingerprint density at radius 1 is 1.32 bits per heavy atom. The minimum absolute atomic E-state index is 0.750. The van der Waals surface area contributed by atoms with Gasteiger partial charge in [0.1, 0.15) is 11.5 Å². The van der Waals surface area contributed by atoms with Crippen LogP contribution in [0.3, 0.4) is 0 Å². The molecule has 112 valence electrons. The van der Waals surface area contributed by atoms with Crippen molar-refractivity contribution in [1.29, 1.82) is 5.41 Å². The lowest BCUT2D eigenvalue weighted by Crippen LogP contribution is -2.09. The minimum atomic E-state index is 0.750. The van der Waals surface area contributed by atoms with Crippen LogP contribution in [-0.2, 0) is 6.54 Å². The van der Waals surface area contributed by atoms with Crippen molar-refractivity contribution in [2.45, 2.75) is 27.3 Å². The average Bonchev–Trinajstić information content (AvgIpc) is 2.78. The van der Waals surface area contributed by atoms with E-state index in [9.17, 15) is 0 Å². The molecule has 0 aliphatic carbocycles. The van der Waals surface area contributed by atoms with Crippen LogP contribution < -0.4 is 11.5 Å². The van der Waals surface area contributed by atoms with Gasteiger partial charge in [-0.25, -0.2) is 0 Å². The number of nitrogens with one attached hydrogen (secondary N) is 1. The van der Waals surface area contributed by atoms with Crippen molar-refractivity contribution >= 4 is 12.7 Å². The molecule has 1 aromatic rings. The van der Waals surface area contributed by atoms with Crippen LogP contribution in [-0.4, -0.2) is 38.7 Å². The maximum absolute atomic E-state index is 5.86. The zero-order chi connectivity index (χ0) is 15.7. The Kier molecular flexibility index (Phi) is 21.8. The molecule has 0 fully saturated rings. The van der Waals surface area contributed by atoms with Gasteiger partial charge in [-0.2, -0.15) is 0 Å². The van der Waals surface area contributed by atoms with E-state index in [1.807, 2.05) is 47.0 Å². The zero-order valence-electron chi connectivity index (χ0n) is 13.0. The van der Waals surface area contributed by atoms with Gasteiger partial charge in [-0.3, -0.25) is 10.4 Å². The molecule has 0 amide bonds. The maximum Gasteiger partial charge on any atom is 0.118 e. The molecule has 1 heterocycles. The standard InChI is InChI=1S/C8H13NO.C2H6N2.C2H6.CH4N2/c1-7-4-5-8(10-7)6-9(2)3;1-4-2-3;1-2;2-1-3/h4-5H,6H2,1-3H3;2H,1H3,(H2,3,4);1-2H3;1H,(H3,2,3). The van der Waals surface area contributed by atoms with Gasteiger partial charge in [-0.05, 0) is 33.2 Å². The second kappa shape index (κ2) is 18.5. The lowest BCUT2D eigenvalue weighted by Gasteiger charge is -2.05. The highest BCUT2D eigenvalue weighted by molar-refractivity contribution is 5.50. The van der Waals surface area contributed by atoms with E-state index in [1.54, 1.807) is 7.05 Å². The van der Waals surface area contributed by atoms with Crippen molar-refractivity contribution < 1.29 is 4.42 Å². The van der Waals surface area contributed by atoms with E-state index >= 15 is 0 Å². The molecule has 0 radical (unpaired) electrons. The molecule has 0 aromatic carbocycles. The van der Waals surface area contributed by atoms with Crippen LogP contribution in [0.15, 0.2) is 21.5 Å². The Morgan fingerprint density at radius 2 is 1.74 bits per heavy atom. The normalized spacial score (nSPS) is 8.58. The summed E-state index contributed by atoms with van der Waals surface area (Å²) in [5, 5.41) is 5.86. The summed E-state index contributed by atoms with van der Waals surface area (Å²) in [6.45, 7) is 6.84. The smallest absolute Gasteiger partial charge is 0.118 e. The monoisotopic (exact) mass is 271 g/mol. The van der Waals surface area contributed by atoms with Crippen LogP contribution in [0, 0.1) is 12.3 Å². The van der Waals surface area contributed by atoms with Gasteiger partial charge < -0.3 is 20.8 Å². The molecule has 0 aliphatic heterocycles.